The van der Waals surface area contributed by atoms with E-state index in [2.05, 4.69) is 10.1 Å². The van der Waals surface area contributed by atoms with Crippen LogP contribution in [0.4, 0.5) is 0 Å². The Morgan fingerprint density at radius 2 is 2.05 bits per heavy atom. The fraction of sp³-hybridized carbons (Fsp3) is 0.167. The number of aromatic nitrogens is 3. The highest BCUT2D eigenvalue weighted by Crippen LogP contribution is 2.17. The fourth-order valence-electron chi connectivity index (χ4n) is 1.86. The molecule has 2 rings (SSSR count). The monoisotopic (exact) mass is 275 g/mol. The van der Waals surface area contributed by atoms with Gasteiger partial charge >= 0.3 is 0 Å². The van der Waals surface area contributed by atoms with Crippen LogP contribution in [0.25, 0.3) is 5.82 Å². The van der Waals surface area contributed by atoms with Crippen LogP contribution in [0.15, 0.2) is 18.3 Å². The summed E-state index contributed by atoms with van der Waals surface area (Å²) in [4.78, 5) is 15.7. The Labute approximate surface area is 115 Å². The number of nitrogens with zero attached hydrogens (tertiary/aromatic N) is 3. The third kappa shape index (κ3) is 2.45. The lowest BCUT2D eigenvalue weighted by molar-refractivity contribution is 0.0995. The molecule has 0 aromatic carbocycles. The van der Waals surface area contributed by atoms with Crippen molar-refractivity contribution in [2.75, 3.05) is 0 Å². The first-order chi connectivity index (χ1) is 8.90. The Morgan fingerprint density at radius 3 is 2.58 bits per heavy atom. The van der Waals surface area contributed by atoms with Gasteiger partial charge in [-0.05, 0) is 31.5 Å². The molecule has 0 bridgehead atoms. The summed E-state index contributed by atoms with van der Waals surface area (Å²) in [6.07, 6.45) is 1.60. The van der Waals surface area contributed by atoms with Crippen molar-refractivity contribution in [3.63, 3.8) is 0 Å². The van der Waals surface area contributed by atoms with E-state index in [4.69, 9.17) is 23.7 Å². The van der Waals surface area contributed by atoms with Gasteiger partial charge in [0.1, 0.15) is 10.7 Å². The molecule has 0 saturated carbocycles. The maximum absolute atomic E-state index is 11.1. The zero-order valence-electron chi connectivity index (χ0n) is 10.5. The van der Waals surface area contributed by atoms with E-state index in [1.165, 1.54) is 10.7 Å². The lowest BCUT2D eigenvalue weighted by atomic mass is 10.1. The lowest BCUT2D eigenvalue weighted by Crippen LogP contribution is -2.18. The number of pyridine rings is 1. The predicted octanol–water partition coefficient (Wildman–Crippen LogP) is 0.617. The molecule has 19 heavy (non-hydrogen) atoms. The number of carbonyl (C=O) groups is 1. The molecular weight excluding hydrogens is 262 g/mol. The summed E-state index contributed by atoms with van der Waals surface area (Å²) in [6, 6.07) is 3.40. The molecule has 7 heteroatoms. The number of carbonyl (C=O) groups excluding carboxylic acids is 1. The van der Waals surface area contributed by atoms with Crippen molar-refractivity contribution < 1.29 is 4.79 Å². The van der Waals surface area contributed by atoms with Gasteiger partial charge in [-0.25, -0.2) is 9.67 Å². The van der Waals surface area contributed by atoms with Gasteiger partial charge in [-0.2, -0.15) is 5.10 Å². The summed E-state index contributed by atoms with van der Waals surface area (Å²) in [5.74, 6) is -0.0995. The number of nitrogens with two attached hydrogens (primary N) is 2. The zero-order valence-corrected chi connectivity index (χ0v) is 11.4. The van der Waals surface area contributed by atoms with Crippen LogP contribution in [0, 0.1) is 13.8 Å². The maximum Gasteiger partial charge on any atom is 0.269 e. The van der Waals surface area contributed by atoms with Crippen molar-refractivity contribution in [1.82, 2.24) is 14.8 Å². The second kappa shape index (κ2) is 4.77. The number of hydrogen-bond acceptors (Lipinski definition) is 4. The Hall–Kier alpha value is -2.28. The maximum atomic E-state index is 11.1. The number of rotatable bonds is 3. The molecule has 0 aliphatic heterocycles. The highest BCUT2D eigenvalue weighted by molar-refractivity contribution is 7.80. The van der Waals surface area contributed by atoms with Crippen LogP contribution in [0.2, 0.25) is 0 Å². The minimum atomic E-state index is -0.597. The third-order valence-corrected chi connectivity index (χ3v) is 2.83. The van der Waals surface area contributed by atoms with Gasteiger partial charge in [0.2, 0.25) is 0 Å². The summed E-state index contributed by atoms with van der Waals surface area (Å²) in [6.45, 7) is 3.75. The van der Waals surface area contributed by atoms with E-state index < -0.39 is 5.91 Å². The molecule has 2 heterocycles. The van der Waals surface area contributed by atoms with Crippen molar-refractivity contribution in [2.45, 2.75) is 13.8 Å². The van der Waals surface area contributed by atoms with Crippen LogP contribution in [0.5, 0.6) is 0 Å². The minimum Gasteiger partial charge on any atom is -0.389 e. The van der Waals surface area contributed by atoms with Crippen molar-refractivity contribution in [2.24, 2.45) is 11.5 Å². The smallest absolute Gasteiger partial charge is 0.269 e. The first-order valence-electron chi connectivity index (χ1n) is 5.54. The molecule has 0 spiro atoms. The van der Waals surface area contributed by atoms with Crippen LogP contribution in [-0.2, 0) is 0 Å². The second-order valence-electron chi connectivity index (χ2n) is 4.15. The van der Waals surface area contributed by atoms with Crippen LogP contribution in [-0.4, -0.2) is 25.7 Å². The molecule has 2 aromatic heterocycles. The third-order valence-electron chi connectivity index (χ3n) is 2.63. The Kier molecular flexibility index (Phi) is 3.30. The van der Waals surface area contributed by atoms with Gasteiger partial charge in [-0.3, -0.25) is 4.79 Å². The topological polar surface area (TPSA) is 99.8 Å². The predicted molar refractivity (Wildman–Crippen MR) is 75.2 cm³/mol. The molecule has 0 unspecified atom stereocenters. The van der Waals surface area contributed by atoms with Crippen molar-refractivity contribution in [1.29, 1.82) is 0 Å². The number of amides is 1. The van der Waals surface area contributed by atoms with Crippen LogP contribution in [0.1, 0.15) is 27.3 Å². The minimum absolute atomic E-state index is 0.162. The molecule has 2 aromatic rings. The van der Waals surface area contributed by atoms with E-state index in [-0.39, 0.29) is 10.7 Å². The van der Waals surface area contributed by atoms with Gasteiger partial charge in [0.05, 0.1) is 5.56 Å². The Balaban J connectivity index is 2.66. The Morgan fingerprint density at radius 1 is 1.37 bits per heavy atom. The summed E-state index contributed by atoms with van der Waals surface area (Å²) in [7, 11) is 0. The molecule has 6 nitrogen and oxygen atoms in total. The summed E-state index contributed by atoms with van der Waals surface area (Å²) < 4.78 is 1.45. The molecule has 98 valence electrons. The van der Waals surface area contributed by atoms with Gasteiger partial charge in [-0.1, -0.05) is 12.2 Å². The molecule has 0 atom stereocenters. The molecule has 4 N–H and O–H groups in total. The molecule has 1 amide bonds. The Bertz CT molecular complexity index is 677. The highest BCUT2D eigenvalue weighted by atomic mass is 32.1. The standard InChI is InChI=1S/C12H13N5OS/c1-6-5-7(2)15-12(9(6)11(14)19)17-4-3-8(16-17)10(13)18/h3-5H,1-2H3,(H2,13,18)(H2,14,19). The molecule has 0 fully saturated rings. The number of thiocarbonyl (C=S) groups is 1. The summed E-state index contributed by atoms with van der Waals surface area (Å²) in [5.41, 5.74) is 13.4. The van der Waals surface area contributed by atoms with E-state index in [0.29, 0.717) is 11.4 Å². The van der Waals surface area contributed by atoms with E-state index in [9.17, 15) is 4.79 Å². The summed E-state index contributed by atoms with van der Waals surface area (Å²) in [5, 5.41) is 4.07. The van der Waals surface area contributed by atoms with E-state index in [0.717, 1.165) is 11.3 Å². The largest absolute Gasteiger partial charge is 0.389 e. The van der Waals surface area contributed by atoms with Crippen LogP contribution < -0.4 is 11.5 Å². The fourth-order valence-corrected chi connectivity index (χ4v) is 2.11. The van der Waals surface area contributed by atoms with Gasteiger partial charge in [0.25, 0.3) is 5.91 Å². The number of aryl methyl sites for hydroxylation is 2. The molecule has 0 aliphatic rings. The van der Waals surface area contributed by atoms with Gasteiger partial charge in [-0.15, -0.1) is 0 Å². The van der Waals surface area contributed by atoms with Crippen molar-refractivity contribution >= 4 is 23.1 Å². The van der Waals surface area contributed by atoms with Crippen LogP contribution >= 0.6 is 12.2 Å². The number of hydrogen-bond donors (Lipinski definition) is 2. The van der Waals surface area contributed by atoms with E-state index in [1.54, 1.807) is 6.20 Å². The van der Waals surface area contributed by atoms with Gasteiger partial charge in [0.15, 0.2) is 5.82 Å². The molecular formula is C12H13N5OS. The lowest BCUT2D eigenvalue weighted by Gasteiger charge is -2.11. The SMILES string of the molecule is Cc1cc(C)c(C(N)=S)c(-n2ccc(C(N)=O)n2)n1. The van der Waals surface area contributed by atoms with Crippen LogP contribution in [0.3, 0.4) is 0 Å². The van der Waals surface area contributed by atoms with Gasteiger partial charge in [0, 0.05) is 11.9 Å². The quantitative estimate of drug-likeness (QED) is 0.800. The average Bonchev–Trinajstić information content (AvgIpc) is 2.76. The highest BCUT2D eigenvalue weighted by Gasteiger charge is 2.15. The van der Waals surface area contributed by atoms with E-state index in [1.807, 2.05) is 19.9 Å². The van der Waals surface area contributed by atoms with E-state index >= 15 is 0 Å². The zero-order chi connectivity index (χ0) is 14.2. The second-order valence-corrected chi connectivity index (χ2v) is 4.59. The van der Waals surface area contributed by atoms with Crippen molar-refractivity contribution in [3.05, 3.63) is 40.8 Å². The van der Waals surface area contributed by atoms with Crippen molar-refractivity contribution in [3.8, 4) is 5.82 Å². The first-order valence-corrected chi connectivity index (χ1v) is 5.95. The number of primary amides is 1. The first kappa shape index (κ1) is 13.2. The summed E-state index contributed by atoms with van der Waals surface area (Å²) >= 11 is 5.04. The average molecular weight is 275 g/mol. The molecule has 0 radical (unpaired) electrons. The molecule has 0 saturated heterocycles. The normalized spacial score (nSPS) is 10.4. The molecule has 0 aliphatic carbocycles. The van der Waals surface area contributed by atoms with Gasteiger partial charge < -0.3 is 11.5 Å².